The highest BCUT2D eigenvalue weighted by atomic mass is 35.5. The summed E-state index contributed by atoms with van der Waals surface area (Å²) in [5, 5.41) is 5.98. The summed E-state index contributed by atoms with van der Waals surface area (Å²) in [6, 6.07) is 4.08. The van der Waals surface area contributed by atoms with E-state index in [2.05, 4.69) is 28.7 Å². The first-order valence-corrected chi connectivity index (χ1v) is 6.32. The Hall–Kier alpha value is -1.06. The van der Waals surface area contributed by atoms with Gasteiger partial charge in [0.05, 0.1) is 5.69 Å². The zero-order chi connectivity index (χ0) is 11.5. The molecule has 16 heavy (non-hydrogen) atoms. The molecule has 84 valence electrons. The number of nitrogens with zero attached hydrogens (tertiary/aromatic N) is 1. The fourth-order valence-electron chi connectivity index (χ4n) is 1.49. The van der Waals surface area contributed by atoms with E-state index in [1.54, 1.807) is 17.5 Å². The van der Waals surface area contributed by atoms with Crippen LogP contribution in [0.15, 0.2) is 23.7 Å². The van der Waals surface area contributed by atoms with E-state index in [-0.39, 0.29) is 0 Å². The van der Waals surface area contributed by atoms with Gasteiger partial charge in [-0.2, -0.15) is 0 Å². The third kappa shape index (κ3) is 2.36. The smallest absolute Gasteiger partial charge is 0.152 e. The van der Waals surface area contributed by atoms with Crippen molar-refractivity contribution in [2.24, 2.45) is 0 Å². The van der Waals surface area contributed by atoms with Crippen molar-refractivity contribution in [3.63, 3.8) is 0 Å². The second-order valence-electron chi connectivity index (χ2n) is 3.67. The van der Waals surface area contributed by atoms with E-state index < -0.39 is 0 Å². The fraction of sp³-hybridized carbons (Fsp3) is 0.250. The molecular weight excluding hydrogens is 240 g/mol. The molecule has 2 rings (SSSR count). The monoisotopic (exact) mass is 252 g/mol. The standard InChI is InChI=1S/C12H13ClN2S/c1-8-4-6-16-10(8)7-15-11-9(2)3-5-14-12(11)13/h3-6,15H,7H2,1-2H3. The largest absolute Gasteiger partial charge is 0.377 e. The van der Waals surface area contributed by atoms with Crippen LogP contribution < -0.4 is 5.32 Å². The van der Waals surface area contributed by atoms with E-state index in [9.17, 15) is 0 Å². The van der Waals surface area contributed by atoms with Gasteiger partial charge in [-0.3, -0.25) is 0 Å². The topological polar surface area (TPSA) is 24.9 Å². The van der Waals surface area contributed by atoms with Crippen LogP contribution in [0.5, 0.6) is 0 Å². The summed E-state index contributed by atoms with van der Waals surface area (Å²) in [4.78, 5) is 5.40. The van der Waals surface area contributed by atoms with Crippen molar-refractivity contribution in [1.82, 2.24) is 4.98 Å². The maximum Gasteiger partial charge on any atom is 0.152 e. The number of hydrogen-bond donors (Lipinski definition) is 1. The van der Waals surface area contributed by atoms with Crippen molar-refractivity contribution in [2.75, 3.05) is 5.32 Å². The molecule has 2 aromatic rings. The third-order valence-electron chi connectivity index (χ3n) is 2.51. The first kappa shape index (κ1) is 11.4. The van der Waals surface area contributed by atoms with Gasteiger partial charge in [0.15, 0.2) is 5.15 Å². The Balaban J connectivity index is 2.14. The SMILES string of the molecule is Cc1ccsc1CNc1c(C)ccnc1Cl. The molecule has 2 nitrogen and oxygen atoms in total. The number of hydrogen-bond acceptors (Lipinski definition) is 3. The highest BCUT2D eigenvalue weighted by Crippen LogP contribution is 2.24. The Morgan fingerprint density at radius 2 is 2.12 bits per heavy atom. The molecule has 0 aliphatic heterocycles. The van der Waals surface area contributed by atoms with E-state index in [4.69, 9.17) is 11.6 Å². The van der Waals surface area contributed by atoms with Crippen molar-refractivity contribution < 1.29 is 0 Å². The van der Waals surface area contributed by atoms with Crippen LogP contribution in [0.1, 0.15) is 16.0 Å². The molecule has 4 heteroatoms. The second-order valence-corrected chi connectivity index (χ2v) is 5.03. The molecule has 0 radical (unpaired) electrons. The molecule has 0 aliphatic rings. The van der Waals surface area contributed by atoms with Gasteiger partial charge < -0.3 is 5.32 Å². The van der Waals surface area contributed by atoms with Gasteiger partial charge in [0.25, 0.3) is 0 Å². The van der Waals surface area contributed by atoms with Crippen LogP contribution in [0.2, 0.25) is 5.15 Å². The number of halogens is 1. The lowest BCUT2D eigenvalue weighted by Crippen LogP contribution is -2.02. The molecule has 0 atom stereocenters. The zero-order valence-electron chi connectivity index (χ0n) is 9.25. The maximum atomic E-state index is 6.04. The summed E-state index contributed by atoms with van der Waals surface area (Å²) in [6.07, 6.45) is 1.72. The number of aryl methyl sites for hydroxylation is 2. The Kier molecular flexibility index (Phi) is 3.46. The number of nitrogens with one attached hydrogen (secondary N) is 1. The number of rotatable bonds is 3. The van der Waals surface area contributed by atoms with E-state index in [1.807, 2.05) is 13.0 Å². The summed E-state index contributed by atoms with van der Waals surface area (Å²) in [7, 11) is 0. The predicted octanol–water partition coefficient (Wildman–Crippen LogP) is 4.03. The van der Waals surface area contributed by atoms with E-state index in [1.165, 1.54) is 10.4 Å². The van der Waals surface area contributed by atoms with Crippen LogP contribution in [-0.4, -0.2) is 4.98 Å². The maximum absolute atomic E-state index is 6.04. The highest BCUT2D eigenvalue weighted by molar-refractivity contribution is 7.10. The molecule has 0 fully saturated rings. The summed E-state index contributed by atoms with van der Waals surface area (Å²) < 4.78 is 0. The van der Waals surface area contributed by atoms with Gasteiger partial charge in [0.1, 0.15) is 0 Å². The van der Waals surface area contributed by atoms with Crippen LogP contribution in [0.3, 0.4) is 0 Å². The van der Waals surface area contributed by atoms with Gasteiger partial charge in [0.2, 0.25) is 0 Å². The Bertz CT molecular complexity index is 473. The molecule has 0 amide bonds. The number of pyridine rings is 1. The molecule has 0 spiro atoms. The number of aromatic nitrogens is 1. The van der Waals surface area contributed by atoms with Crippen LogP contribution in [0, 0.1) is 13.8 Å². The van der Waals surface area contributed by atoms with E-state index in [0.717, 1.165) is 17.8 Å². The average Bonchev–Trinajstić information content (AvgIpc) is 2.64. The summed E-state index contributed by atoms with van der Waals surface area (Å²) in [6.45, 7) is 4.94. The Morgan fingerprint density at radius 1 is 1.31 bits per heavy atom. The van der Waals surface area contributed by atoms with Crippen molar-refractivity contribution >= 4 is 28.6 Å². The average molecular weight is 253 g/mol. The first-order valence-electron chi connectivity index (χ1n) is 5.06. The minimum atomic E-state index is 0.536. The third-order valence-corrected chi connectivity index (χ3v) is 3.82. The molecule has 0 bridgehead atoms. The van der Waals surface area contributed by atoms with Crippen molar-refractivity contribution in [3.8, 4) is 0 Å². The minimum absolute atomic E-state index is 0.536. The number of anilines is 1. The lowest BCUT2D eigenvalue weighted by molar-refractivity contribution is 1.14. The minimum Gasteiger partial charge on any atom is -0.377 e. The molecular formula is C12H13ClN2S. The zero-order valence-corrected chi connectivity index (χ0v) is 10.8. The van der Waals surface area contributed by atoms with Gasteiger partial charge in [-0.1, -0.05) is 11.6 Å². The molecule has 0 unspecified atom stereocenters. The quantitative estimate of drug-likeness (QED) is 0.835. The molecule has 0 aliphatic carbocycles. The van der Waals surface area contributed by atoms with Crippen LogP contribution in [-0.2, 0) is 6.54 Å². The summed E-state index contributed by atoms with van der Waals surface area (Å²) in [5.74, 6) is 0. The Morgan fingerprint density at radius 3 is 2.75 bits per heavy atom. The molecule has 1 N–H and O–H groups in total. The number of thiophene rings is 1. The summed E-state index contributed by atoms with van der Waals surface area (Å²) >= 11 is 7.79. The predicted molar refractivity (Wildman–Crippen MR) is 70.4 cm³/mol. The Labute approximate surface area is 104 Å². The lowest BCUT2D eigenvalue weighted by Gasteiger charge is -2.10. The van der Waals surface area contributed by atoms with Crippen molar-refractivity contribution in [1.29, 1.82) is 0 Å². The molecule has 2 aromatic heterocycles. The van der Waals surface area contributed by atoms with Gasteiger partial charge in [-0.05, 0) is 42.5 Å². The second kappa shape index (κ2) is 4.85. The van der Waals surface area contributed by atoms with E-state index >= 15 is 0 Å². The van der Waals surface area contributed by atoms with Crippen LogP contribution in [0.4, 0.5) is 5.69 Å². The van der Waals surface area contributed by atoms with Crippen LogP contribution in [0.25, 0.3) is 0 Å². The highest BCUT2D eigenvalue weighted by Gasteiger charge is 2.05. The van der Waals surface area contributed by atoms with Gasteiger partial charge in [-0.15, -0.1) is 11.3 Å². The molecule has 2 heterocycles. The molecule has 0 saturated carbocycles. The van der Waals surface area contributed by atoms with Gasteiger partial charge in [-0.25, -0.2) is 4.98 Å². The van der Waals surface area contributed by atoms with Crippen LogP contribution >= 0.6 is 22.9 Å². The fourth-order valence-corrected chi connectivity index (χ4v) is 2.61. The summed E-state index contributed by atoms with van der Waals surface area (Å²) in [5.41, 5.74) is 3.36. The van der Waals surface area contributed by atoms with E-state index in [0.29, 0.717) is 5.15 Å². The first-order chi connectivity index (χ1) is 7.68. The van der Waals surface area contributed by atoms with Crippen molar-refractivity contribution in [2.45, 2.75) is 20.4 Å². The molecule has 0 saturated heterocycles. The van der Waals surface area contributed by atoms with Gasteiger partial charge in [0, 0.05) is 17.6 Å². The normalized spacial score (nSPS) is 10.4. The van der Waals surface area contributed by atoms with Gasteiger partial charge >= 0.3 is 0 Å². The lowest BCUT2D eigenvalue weighted by atomic mass is 10.2. The molecule has 0 aromatic carbocycles. The van der Waals surface area contributed by atoms with Crippen molar-refractivity contribution in [3.05, 3.63) is 44.9 Å².